The summed E-state index contributed by atoms with van der Waals surface area (Å²) < 4.78 is 5.89. The average molecular weight is 266 g/mol. The second-order valence-corrected chi connectivity index (χ2v) is 5.04. The highest BCUT2D eigenvalue weighted by molar-refractivity contribution is 5.77. The van der Waals surface area contributed by atoms with Gasteiger partial charge in [0.05, 0.1) is 6.04 Å². The number of furan rings is 1. The van der Waals surface area contributed by atoms with Crippen LogP contribution in [0.2, 0.25) is 0 Å². The van der Waals surface area contributed by atoms with Gasteiger partial charge in [0.15, 0.2) is 0 Å². The lowest BCUT2D eigenvalue weighted by Crippen LogP contribution is -2.29. The number of aryl methyl sites for hydroxylation is 1. The zero-order chi connectivity index (χ0) is 13.9. The summed E-state index contributed by atoms with van der Waals surface area (Å²) in [5.41, 5.74) is 6.30. The number of hydrogen-bond acceptors (Lipinski definition) is 3. The fraction of sp³-hybridized carbons (Fsp3) is 0.176. The number of hydrogen-bond donors (Lipinski definition) is 2. The summed E-state index contributed by atoms with van der Waals surface area (Å²) >= 11 is 0. The Balaban J connectivity index is 1.91. The molecule has 0 saturated heterocycles. The Hall–Kier alpha value is -2.10. The van der Waals surface area contributed by atoms with Crippen LogP contribution in [0.1, 0.15) is 22.9 Å². The molecule has 0 spiro atoms. The molecule has 0 radical (unpaired) electrons. The Morgan fingerprint density at radius 2 is 1.85 bits per heavy atom. The van der Waals surface area contributed by atoms with Gasteiger partial charge in [-0.25, -0.2) is 5.43 Å². The van der Waals surface area contributed by atoms with Gasteiger partial charge in [-0.1, -0.05) is 42.5 Å². The van der Waals surface area contributed by atoms with Crippen LogP contribution in [0, 0.1) is 6.92 Å². The van der Waals surface area contributed by atoms with E-state index < -0.39 is 0 Å². The predicted octanol–water partition coefficient (Wildman–Crippen LogP) is 3.49. The smallest absolute Gasteiger partial charge is 0.134 e. The van der Waals surface area contributed by atoms with Crippen molar-refractivity contribution in [3.63, 3.8) is 0 Å². The third-order valence-corrected chi connectivity index (χ3v) is 3.67. The van der Waals surface area contributed by atoms with E-state index in [1.54, 1.807) is 0 Å². The molecule has 2 aromatic carbocycles. The van der Waals surface area contributed by atoms with Crippen molar-refractivity contribution in [3.8, 4) is 0 Å². The molecule has 0 amide bonds. The third kappa shape index (κ3) is 2.46. The lowest BCUT2D eigenvalue weighted by molar-refractivity contribution is 0.434. The van der Waals surface area contributed by atoms with E-state index in [4.69, 9.17) is 10.3 Å². The summed E-state index contributed by atoms with van der Waals surface area (Å²) in [6.07, 6.45) is 0.809. The van der Waals surface area contributed by atoms with E-state index >= 15 is 0 Å². The number of fused-ring (bicyclic) bond motifs is 1. The van der Waals surface area contributed by atoms with Crippen LogP contribution < -0.4 is 11.3 Å². The SMILES string of the molecule is Cc1ccccc1CC(NN)c1cc2ccccc2o1. The minimum absolute atomic E-state index is 0.0245. The molecule has 3 rings (SSSR count). The number of para-hydroxylation sites is 1. The van der Waals surface area contributed by atoms with E-state index in [-0.39, 0.29) is 6.04 Å². The highest BCUT2D eigenvalue weighted by Gasteiger charge is 2.16. The van der Waals surface area contributed by atoms with Gasteiger partial charge < -0.3 is 4.42 Å². The van der Waals surface area contributed by atoms with Gasteiger partial charge in [0.25, 0.3) is 0 Å². The molecule has 0 aliphatic rings. The van der Waals surface area contributed by atoms with Crippen LogP contribution >= 0.6 is 0 Å². The first-order chi connectivity index (χ1) is 9.78. The van der Waals surface area contributed by atoms with Crippen LogP contribution in [0.25, 0.3) is 11.0 Å². The zero-order valence-electron chi connectivity index (χ0n) is 11.5. The Kier molecular flexibility index (Phi) is 3.54. The maximum Gasteiger partial charge on any atom is 0.134 e. The monoisotopic (exact) mass is 266 g/mol. The fourth-order valence-corrected chi connectivity index (χ4v) is 2.47. The first kappa shape index (κ1) is 12.9. The summed E-state index contributed by atoms with van der Waals surface area (Å²) in [6, 6.07) is 18.4. The van der Waals surface area contributed by atoms with Gasteiger partial charge in [-0.2, -0.15) is 0 Å². The first-order valence-electron chi connectivity index (χ1n) is 6.77. The van der Waals surface area contributed by atoms with Gasteiger partial charge in [-0.15, -0.1) is 0 Å². The van der Waals surface area contributed by atoms with Crippen molar-refractivity contribution in [3.05, 3.63) is 71.5 Å². The Labute approximate surface area is 118 Å². The molecule has 3 aromatic rings. The predicted molar refractivity (Wildman–Crippen MR) is 81.2 cm³/mol. The van der Waals surface area contributed by atoms with Crippen molar-refractivity contribution >= 4 is 11.0 Å². The number of rotatable bonds is 4. The molecule has 1 unspecified atom stereocenters. The molecular weight excluding hydrogens is 248 g/mol. The summed E-state index contributed by atoms with van der Waals surface area (Å²) in [5.74, 6) is 6.59. The van der Waals surface area contributed by atoms with E-state index in [1.165, 1.54) is 11.1 Å². The van der Waals surface area contributed by atoms with E-state index in [9.17, 15) is 0 Å². The minimum Gasteiger partial charge on any atom is -0.459 e. The van der Waals surface area contributed by atoms with Gasteiger partial charge >= 0.3 is 0 Å². The molecule has 0 aliphatic heterocycles. The number of nitrogens with one attached hydrogen (secondary N) is 1. The van der Waals surface area contributed by atoms with E-state index in [1.807, 2.05) is 30.3 Å². The zero-order valence-corrected chi connectivity index (χ0v) is 11.5. The Morgan fingerprint density at radius 1 is 1.10 bits per heavy atom. The molecule has 102 valence electrons. The third-order valence-electron chi connectivity index (χ3n) is 3.67. The summed E-state index contributed by atoms with van der Waals surface area (Å²) in [6.45, 7) is 2.11. The van der Waals surface area contributed by atoms with E-state index in [0.717, 1.165) is 23.2 Å². The number of nitrogens with two attached hydrogens (primary N) is 1. The van der Waals surface area contributed by atoms with Crippen LogP contribution in [0.5, 0.6) is 0 Å². The van der Waals surface area contributed by atoms with Gasteiger partial charge in [0.1, 0.15) is 11.3 Å². The van der Waals surface area contributed by atoms with Gasteiger partial charge in [-0.3, -0.25) is 5.84 Å². The number of hydrazine groups is 1. The van der Waals surface area contributed by atoms with Crippen molar-refractivity contribution in [1.29, 1.82) is 0 Å². The molecule has 3 N–H and O–H groups in total. The molecule has 0 fully saturated rings. The van der Waals surface area contributed by atoms with Crippen LogP contribution in [0.15, 0.2) is 59.0 Å². The maximum atomic E-state index is 5.89. The van der Waals surface area contributed by atoms with Gasteiger partial charge in [0, 0.05) is 5.39 Å². The quantitative estimate of drug-likeness (QED) is 0.561. The highest BCUT2D eigenvalue weighted by Crippen LogP contribution is 2.26. The molecular formula is C17H18N2O. The molecule has 0 saturated carbocycles. The normalized spacial score (nSPS) is 12.7. The number of benzene rings is 2. The summed E-state index contributed by atoms with van der Waals surface area (Å²) in [5, 5.41) is 1.10. The Morgan fingerprint density at radius 3 is 2.60 bits per heavy atom. The largest absolute Gasteiger partial charge is 0.459 e. The van der Waals surface area contributed by atoms with Crippen LogP contribution in [-0.4, -0.2) is 0 Å². The summed E-state index contributed by atoms with van der Waals surface area (Å²) in [7, 11) is 0. The van der Waals surface area contributed by atoms with Crippen LogP contribution in [0.4, 0.5) is 0 Å². The summed E-state index contributed by atoms with van der Waals surface area (Å²) in [4.78, 5) is 0. The second kappa shape index (κ2) is 5.49. The molecule has 0 aliphatic carbocycles. The van der Waals surface area contributed by atoms with Crippen molar-refractivity contribution in [2.75, 3.05) is 0 Å². The van der Waals surface area contributed by atoms with E-state index in [0.29, 0.717) is 0 Å². The van der Waals surface area contributed by atoms with Crippen LogP contribution in [0.3, 0.4) is 0 Å². The van der Waals surface area contributed by atoms with Crippen LogP contribution in [-0.2, 0) is 6.42 Å². The second-order valence-electron chi connectivity index (χ2n) is 5.04. The standard InChI is InChI=1S/C17H18N2O/c1-12-6-2-3-7-13(12)10-15(19-18)17-11-14-8-4-5-9-16(14)20-17/h2-9,11,15,19H,10,18H2,1H3. The maximum absolute atomic E-state index is 5.89. The van der Waals surface area contributed by atoms with Crippen molar-refractivity contribution in [2.45, 2.75) is 19.4 Å². The Bertz CT molecular complexity index is 685. The van der Waals surface area contributed by atoms with E-state index in [2.05, 4.69) is 36.6 Å². The molecule has 20 heavy (non-hydrogen) atoms. The lowest BCUT2D eigenvalue weighted by Gasteiger charge is -2.14. The van der Waals surface area contributed by atoms with Gasteiger partial charge in [-0.05, 0) is 36.6 Å². The molecule has 1 aromatic heterocycles. The highest BCUT2D eigenvalue weighted by atomic mass is 16.3. The van der Waals surface area contributed by atoms with Gasteiger partial charge in [0.2, 0.25) is 0 Å². The molecule has 1 heterocycles. The molecule has 1 atom stereocenters. The first-order valence-corrected chi connectivity index (χ1v) is 6.77. The minimum atomic E-state index is -0.0245. The van der Waals surface area contributed by atoms with Crippen molar-refractivity contribution in [2.24, 2.45) is 5.84 Å². The molecule has 3 heteroatoms. The molecule has 0 bridgehead atoms. The average Bonchev–Trinajstić information content (AvgIpc) is 2.90. The molecule has 3 nitrogen and oxygen atoms in total. The topological polar surface area (TPSA) is 51.2 Å². The van der Waals surface area contributed by atoms with Crippen molar-refractivity contribution < 1.29 is 4.42 Å². The lowest BCUT2D eigenvalue weighted by atomic mass is 10.00. The van der Waals surface area contributed by atoms with Crippen molar-refractivity contribution in [1.82, 2.24) is 5.43 Å². The fourth-order valence-electron chi connectivity index (χ4n) is 2.47.